The third-order valence-corrected chi connectivity index (χ3v) is 4.38. The van der Waals surface area contributed by atoms with Crippen molar-refractivity contribution >= 4 is 28.7 Å². The number of nitrogens with one attached hydrogen (secondary N) is 1. The summed E-state index contributed by atoms with van der Waals surface area (Å²) in [7, 11) is 0. The number of hydrogen-bond acceptors (Lipinski definition) is 5. The quantitative estimate of drug-likeness (QED) is 0.383. The Hall–Kier alpha value is -1.82. The van der Waals surface area contributed by atoms with Crippen molar-refractivity contribution in [2.24, 2.45) is 5.10 Å². The number of aryl methyl sites for hydroxylation is 3. The Labute approximate surface area is 148 Å². The van der Waals surface area contributed by atoms with Gasteiger partial charge in [0.1, 0.15) is 0 Å². The fourth-order valence-electron chi connectivity index (χ4n) is 2.68. The van der Waals surface area contributed by atoms with Crippen LogP contribution >= 0.6 is 11.8 Å². The van der Waals surface area contributed by atoms with E-state index < -0.39 is 5.97 Å². The zero-order valence-corrected chi connectivity index (χ0v) is 16.0. The summed E-state index contributed by atoms with van der Waals surface area (Å²) in [5.41, 5.74) is 6.96. The predicted octanol–water partition coefficient (Wildman–Crippen LogP) is 3.33. The maximum Gasteiger partial charge on any atom is 0.365 e. The molecule has 0 aliphatic carbocycles. The predicted molar refractivity (Wildman–Crippen MR) is 99.4 cm³/mol. The molecular formula is C18H26N2O3S. The molecule has 1 atom stereocenters. The van der Waals surface area contributed by atoms with Gasteiger partial charge in [-0.2, -0.15) is 5.10 Å². The number of ether oxygens (including phenoxy) is 1. The second-order valence-electron chi connectivity index (χ2n) is 5.55. The topological polar surface area (TPSA) is 67.8 Å². The SMILES string of the molecule is CCOC(=O)C(=NNC(=O)C(C)c1c(C)cc(C)cc1CC)SC. The minimum atomic E-state index is -0.529. The molecule has 5 nitrogen and oxygen atoms in total. The summed E-state index contributed by atoms with van der Waals surface area (Å²) >= 11 is 1.14. The van der Waals surface area contributed by atoms with Crippen molar-refractivity contribution in [1.29, 1.82) is 0 Å². The molecule has 1 N–H and O–H groups in total. The summed E-state index contributed by atoms with van der Waals surface area (Å²) < 4.78 is 4.90. The normalized spacial score (nSPS) is 12.7. The maximum absolute atomic E-state index is 12.5. The van der Waals surface area contributed by atoms with Crippen LogP contribution < -0.4 is 5.43 Å². The van der Waals surface area contributed by atoms with Crippen LogP contribution in [0.5, 0.6) is 0 Å². The van der Waals surface area contributed by atoms with Crippen molar-refractivity contribution in [2.75, 3.05) is 12.9 Å². The van der Waals surface area contributed by atoms with Crippen LogP contribution in [0, 0.1) is 13.8 Å². The van der Waals surface area contributed by atoms with E-state index in [4.69, 9.17) is 4.74 Å². The Bertz CT molecular complexity index is 641. The van der Waals surface area contributed by atoms with E-state index in [1.807, 2.05) is 13.8 Å². The van der Waals surface area contributed by atoms with E-state index in [9.17, 15) is 9.59 Å². The number of benzene rings is 1. The summed E-state index contributed by atoms with van der Waals surface area (Å²) in [6, 6.07) is 4.19. The first-order valence-corrected chi connectivity index (χ1v) is 9.26. The average molecular weight is 350 g/mol. The van der Waals surface area contributed by atoms with E-state index in [-0.39, 0.29) is 23.5 Å². The van der Waals surface area contributed by atoms with Crippen molar-refractivity contribution < 1.29 is 14.3 Å². The van der Waals surface area contributed by atoms with E-state index in [0.29, 0.717) is 0 Å². The van der Waals surface area contributed by atoms with Crippen molar-refractivity contribution in [1.82, 2.24) is 5.43 Å². The number of hydrazone groups is 1. The molecule has 0 heterocycles. The van der Waals surface area contributed by atoms with Crippen LogP contribution in [-0.4, -0.2) is 29.8 Å². The molecule has 0 bridgehead atoms. The lowest BCUT2D eigenvalue weighted by molar-refractivity contribution is -0.134. The third kappa shape index (κ3) is 5.09. The summed E-state index contributed by atoms with van der Waals surface area (Å²) in [4.78, 5) is 24.2. The third-order valence-electron chi connectivity index (χ3n) is 3.74. The molecule has 0 saturated heterocycles. The monoisotopic (exact) mass is 350 g/mol. The number of carbonyl (C=O) groups is 2. The Morgan fingerprint density at radius 1 is 1.29 bits per heavy atom. The van der Waals surface area contributed by atoms with Gasteiger partial charge >= 0.3 is 5.97 Å². The molecule has 0 saturated carbocycles. The Balaban J connectivity index is 2.98. The standard InChI is InChI=1S/C18H26N2O3S/c1-7-14-10-11(3)9-12(4)15(14)13(5)16(21)19-20-17(24-6)18(22)23-8-2/h9-10,13H,7-8H2,1-6H3,(H,19,21). The molecule has 1 aromatic carbocycles. The summed E-state index contributed by atoms with van der Waals surface area (Å²) in [6.07, 6.45) is 2.57. The van der Waals surface area contributed by atoms with E-state index in [1.54, 1.807) is 13.2 Å². The molecule has 0 radical (unpaired) electrons. The molecule has 0 aliphatic heterocycles. The summed E-state index contributed by atoms with van der Waals surface area (Å²) in [5.74, 6) is -1.12. The highest BCUT2D eigenvalue weighted by Crippen LogP contribution is 2.26. The average Bonchev–Trinajstić information content (AvgIpc) is 2.54. The van der Waals surface area contributed by atoms with E-state index in [2.05, 4.69) is 36.5 Å². The number of hydrogen-bond donors (Lipinski definition) is 1. The van der Waals surface area contributed by atoms with Crippen molar-refractivity contribution in [3.8, 4) is 0 Å². The van der Waals surface area contributed by atoms with Gasteiger partial charge in [-0.05, 0) is 57.1 Å². The molecule has 0 aromatic heterocycles. The molecular weight excluding hydrogens is 324 g/mol. The highest BCUT2D eigenvalue weighted by molar-refractivity contribution is 8.15. The molecule has 132 valence electrons. The smallest absolute Gasteiger partial charge is 0.365 e. The largest absolute Gasteiger partial charge is 0.461 e. The first-order valence-electron chi connectivity index (χ1n) is 8.04. The van der Waals surface area contributed by atoms with E-state index in [1.165, 1.54) is 5.56 Å². The van der Waals surface area contributed by atoms with Gasteiger partial charge in [0.05, 0.1) is 12.5 Å². The van der Waals surface area contributed by atoms with Crippen LogP contribution in [-0.2, 0) is 20.7 Å². The Morgan fingerprint density at radius 3 is 2.50 bits per heavy atom. The van der Waals surface area contributed by atoms with Gasteiger partial charge < -0.3 is 4.74 Å². The van der Waals surface area contributed by atoms with Crippen molar-refractivity contribution in [3.63, 3.8) is 0 Å². The molecule has 0 spiro atoms. The van der Waals surface area contributed by atoms with Gasteiger partial charge in [-0.25, -0.2) is 10.2 Å². The van der Waals surface area contributed by atoms with Gasteiger partial charge in [-0.1, -0.05) is 24.6 Å². The van der Waals surface area contributed by atoms with Crippen LogP contribution in [0.4, 0.5) is 0 Å². The molecule has 24 heavy (non-hydrogen) atoms. The molecule has 1 unspecified atom stereocenters. The lowest BCUT2D eigenvalue weighted by atomic mass is 9.88. The lowest BCUT2D eigenvalue weighted by Crippen LogP contribution is -2.27. The zero-order valence-electron chi connectivity index (χ0n) is 15.2. The molecule has 1 aromatic rings. The van der Waals surface area contributed by atoms with Gasteiger partial charge in [0, 0.05) is 0 Å². The number of thioether (sulfide) groups is 1. The number of esters is 1. The van der Waals surface area contributed by atoms with Crippen LogP contribution in [0.1, 0.15) is 48.9 Å². The van der Waals surface area contributed by atoms with E-state index in [0.717, 1.165) is 34.9 Å². The first-order chi connectivity index (χ1) is 11.3. The van der Waals surface area contributed by atoms with Gasteiger partial charge in [0.15, 0.2) is 0 Å². The van der Waals surface area contributed by atoms with Gasteiger partial charge in [-0.15, -0.1) is 11.8 Å². The van der Waals surface area contributed by atoms with Crippen LogP contribution in [0.3, 0.4) is 0 Å². The highest BCUT2D eigenvalue weighted by atomic mass is 32.2. The fraction of sp³-hybridized carbons (Fsp3) is 0.500. The Kier molecular flexibility index (Phi) is 7.98. The van der Waals surface area contributed by atoms with Crippen LogP contribution in [0.15, 0.2) is 17.2 Å². The molecule has 1 amide bonds. The minimum absolute atomic E-state index is 0.133. The fourth-order valence-corrected chi connectivity index (χ4v) is 3.04. The minimum Gasteiger partial charge on any atom is -0.461 e. The van der Waals surface area contributed by atoms with Crippen LogP contribution in [0.2, 0.25) is 0 Å². The molecule has 6 heteroatoms. The van der Waals surface area contributed by atoms with Gasteiger partial charge in [-0.3, -0.25) is 4.79 Å². The summed E-state index contributed by atoms with van der Waals surface area (Å²) in [5, 5.41) is 4.05. The van der Waals surface area contributed by atoms with E-state index >= 15 is 0 Å². The van der Waals surface area contributed by atoms with Crippen molar-refractivity contribution in [2.45, 2.75) is 47.0 Å². The van der Waals surface area contributed by atoms with Gasteiger partial charge in [0.25, 0.3) is 0 Å². The van der Waals surface area contributed by atoms with Gasteiger partial charge in [0.2, 0.25) is 11.0 Å². The summed E-state index contributed by atoms with van der Waals surface area (Å²) in [6.45, 7) is 9.99. The number of amides is 1. The number of carbonyl (C=O) groups excluding carboxylic acids is 2. The second kappa shape index (κ2) is 9.47. The maximum atomic E-state index is 12.5. The molecule has 0 aliphatic rings. The zero-order chi connectivity index (χ0) is 18.3. The highest BCUT2D eigenvalue weighted by Gasteiger charge is 2.21. The number of nitrogens with zero attached hydrogens (tertiary/aromatic N) is 1. The lowest BCUT2D eigenvalue weighted by Gasteiger charge is -2.18. The first kappa shape index (κ1) is 20.2. The van der Waals surface area contributed by atoms with Crippen molar-refractivity contribution in [3.05, 3.63) is 34.4 Å². The Morgan fingerprint density at radius 2 is 1.96 bits per heavy atom. The second-order valence-corrected chi connectivity index (χ2v) is 6.34. The van der Waals surface area contributed by atoms with Crippen LogP contribution in [0.25, 0.3) is 0 Å². The molecule has 0 fully saturated rings. The number of rotatable bonds is 5. The molecule has 1 rings (SSSR count).